The van der Waals surface area contributed by atoms with Crippen LogP contribution in [0.5, 0.6) is 0 Å². The van der Waals surface area contributed by atoms with E-state index in [1.165, 1.54) is 0 Å². The van der Waals surface area contributed by atoms with Crippen LogP contribution in [0.2, 0.25) is 0 Å². The lowest BCUT2D eigenvalue weighted by molar-refractivity contribution is -0.115. The molecule has 1 N–H and O–H groups in total. The Kier molecular flexibility index (Phi) is 2.22. The summed E-state index contributed by atoms with van der Waals surface area (Å²) in [4.78, 5) is 10.7. The molecule has 0 bridgehead atoms. The summed E-state index contributed by atoms with van der Waals surface area (Å²) in [6, 6.07) is 0. The third kappa shape index (κ3) is 1.79. The van der Waals surface area contributed by atoms with Crippen molar-refractivity contribution in [3.05, 3.63) is 5.92 Å². The average Bonchev–Trinajstić information content (AvgIpc) is 1.90. The Balaban J connectivity index is 2.31. The highest BCUT2D eigenvalue weighted by Crippen LogP contribution is 2.13. The third-order valence-corrected chi connectivity index (χ3v) is 1.70. The number of Topliss-reactive ketones (excluding diaryl/α,β-unsaturated/α-hetero) is 1. The molecule has 2 nitrogen and oxygen atoms in total. The van der Waals surface area contributed by atoms with E-state index < -0.39 is 0 Å². The second-order valence-electron chi connectivity index (χ2n) is 2.41. The van der Waals surface area contributed by atoms with E-state index >= 15 is 0 Å². The van der Waals surface area contributed by atoms with Gasteiger partial charge in [-0.1, -0.05) is 0 Å². The third-order valence-electron chi connectivity index (χ3n) is 1.70. The molecule has 0 aromatic rings. The Morgan fingerprint density at radius 1 is 1.44 bits per heavy atom. The lowest BCUT2D eigenvalue weighted by Crippen LogP contribution is -2.29. The van der Waals surface area contributed by atoms with Gasteiger partial charge < -0.3 is 5.32 Å². The molecular formula is C7H12NO. The van der Waals surface area contributed by atoms with Crippen molar-refractivity contribution in [3.8, 4) is 0 Å². The van der Waals surface area contributed by atoms with Crippen LogP contribution in [0, 0.1) is 5.92 Å². The monoisotopic (exact) mass is 126 g/mol. The Labute approximate surface area is 55.6 Å². The number of rotatable bonds is 1. The summed E-state index contributed by atoms with van der Waals surface area (Å²) in [7, 11) is 0. The van der Waals surface area contributed by atoms with Crippen molar-refractivity contribution < 1.29 is 4.79 Å². The van der Waals surface area contributed by atoms with Gasteiger partial charge in [-0.15, -0.1) is 0 Å². The van der Waals surface area contributed by atoms with Crippen molar-refractivity contribution in [2.24, 2.45) is 0 Å². The van der Waals surface area contributed by atoms with E-state index in [4.69, 9.17) is 0 Å². The maximum Gasteiger partial charge on any atom is 0.137 e. The van der Waals surface area contributed by atoms with Crippen LogP contribution in [0.25, 0.3) is 0 Å². The SMILES string of the molecule is CC(=O)[C]1CCNCC1. The van der Waals surface area contributed by atoms with Gasteiger partial charge in [-0.2, -0.15) is 0 Å². The quantitative estimate of drug-likeness (QED) is 0.555. The van der Waals surface area contributed by atoms with Gasteiger partial charge in [0, 0.05) is 5.92 Å². The maximum atomic E-state index is 10.7. The molecule has 1 rings (SSSR count). The van der Waals surface area contributed by atoms with Crippen LogP contribution < -0.4 is 5.32 Å². The fourth-order valence-electron chi connectivity index (χ4n) is 1.08. The largest absolute Gasteiger partial charge is 0.317 e. The van der Waals surface area contributed by atoms with Gasteiger partial charge in [-0.25, -0.2) is 0 Å². The minimum Gasteiger partial charge on any atom is -0.317 e. The highest BCUT2D eigenvalue weighted by molar-refractivity contribution is 5.89. The number of nitrogens with one attached hydrogen (secondary N) is 1. The Bertz CT molecular complexity index is 105. The van der Waals surface area contributed by atoms with Gasteiger partial charge in [0.05, 0.1) is 0 Å². The summed E-state index contributed by atoms with van der Waals surface area (Å²) < 4.78 is 0. The number of carbonyl (C=O) groups is 1. The number of hydrogen-bond acceptors (Lipinski definition) is 2. The van der Waals surface area contributed by atoms with E-state index in [1.807, 2.05) is 0 Å². The molecule has 1 heterocycles. The first-order valence-electron chi connectivity index (χ1n) is 3.37. The van der Waals surface area contributed by atoms with E-state index in [0.29, 0.717) is 0 Å². The molecule has 9 heavy (non-hydrogen) atoms. The molecule has 0 unspecified atom stereocenters. The van der Waals surface area contributed by atoms with Crippen molar-refractivity contribution in [3.63, 3.8) is 0 Å². The van der Waals surface area contributed by atoms with Gasteiger partial charge in [-0.05, 0) is 32.9 Å². The molecule has 1 fully saturated rings. The van der Waals surface area contributed by atoms with E-state index in [2.05, 4.69) is 5.32 Å². The molecule has 0 aromatic heterocycles. The zero-order valence-electron chi connectivity index (χ0n) is 5.74. The minimum atomic E-state index is 0.275. The van der Waals surface area contributed by atoms with Gasteiger partial charge >= 0.3 is 0 Å². The highest BCUT2D eigenvalue weighted by atomic mass is 16.1. The van der Waals surface area contributed by atoms with Crippen molar-refractivity contribution in [1.29, 1.82) is 0 Å². The predicted molar refractivity (Wildman–Crippen MR) is 36.0 cm³/mol. The molecule has 0 spiro atoms. The van der Waals surface area contributed by atoms with Crippen LogP contribution in [-0.2, 0) is 4.79 Å². The Morgan fingerprint density at radius 3 is 2.33 bits per heavy atom. The fraction of sp³-hybridized carbons (Fsp3) is 0.714. The summed E-state index contributed by atoms with van der Waals surface area (Å²) in [5, 5.41) is 3.20. The van der Waals surface area contributed by atoms with Crippen LogP contribution in [0.3, 0.4) is 0 Å². The lowest BCUT2D eigenvalue weighted by Gasteiger charge is -2.18. The average molecular weight is 126 g/mol. The molecule has 0 amide bonds. The van der Waals surface area contributed by atoms with Crippen LogP contribution in [0.1, 0.15) is 19.8 Å². The summed E-state index contributed by atoms with van der Waals surface area (Å²) in [6.07, 6.45) is 1.91. The van der Waals surface area contributed by atoms with Gasteiger partial charge in [0.2, 0.25) is 0 Å². The zero-order valence-corrected chi connectivity index (χ0v) is 5.74. The van der Waals surface area contributed by atoms with E-state index in [-0.39, 0.29) is 5.78 Å². The summed E-state index contributed by atoms with van der Waals surface area (Å²) >= 11 is 0. The van der Waals surface area contributed by atoms with Crippen molar-refractivity contribution in [2.75, 3.05) is 13.1 Å². The molecule has 0 aromatic carbocycles. The minimum absolute atomic E-state index is 0.275. The zero-order chi connectivity index (χ0) is 6.69. The summed E-state index contributed by atoms with van der Waals surface area (Å²) in [5.74, 6) is 1.38. The predicted octanol–water partition coefficient (Wildman–Crippen LogP) is 0.533. The molecule has 51 valence electrons. The fourth-order valence-corrected chi connectivity index (χ4v) is 1.08. The van der Waals surface area contributed by atoms with E-state index in [0.717, 1.165) is 31.8 Å². The van der Waals surface area contributed by atoms with Crippen molar-refractivity contribution in [2.45, 2.75) is 19.8 Å². The summed E-state index contributed by atoms with van der Waals surface area (Å²) in [6.45, 7) is 3.62. The number of hydrogen-bond donors (Lipinski definition) is 1. The molecule has 1 aliphatic rings. The van der Waals surface area contributed by atoms with Crippen molar-refractivity contribution in [1.82, 2.24) is 5.32 Å². The Morgan fingerprint density at radius 2 is 2.00 bits per heavy atom. The molecule has 1 aliphatic heterocycles. The highest BCUT2D eigenvalue weighted by Gasteiger charge is 2.16. The first kappa shape index (κ1) is 6.75. The Hall–Kier alpha value is -0.370. The van der Waals surface area contributed by atoms with Crippen LogP contribution in [-0.4, -0.2) is 18.9 Å². The van der Waals surface area contributed by atoms with Crippen molar-refractivity contribution >= 4 is 5.78 Å². The molecule has 0 saturated carbocycles. The first-order chi connectivity index (χ1) is 4.30. The molecule has 1 radical (unpaired) electrons. The van der Waals surface area contributed by atoms with Crippen LogP contribution in [0.4, 0.5) is 0 Å². The first-order valence-corrected chi connectivity index (χ1v) is 3.37. The molecule has 2 heteroatoms. The number of piperidine rings is 1. The standard InChI is InChI=1S/C7H12NO/c1-6(9)7-2-4-8-5-3-7/h8H,2-5H2,1H3. The topological polar surface area (TPSA) is 29.1 Å². The van der Waals surface area contributed by atoms with Crippen LogP contribution in [0.15, 0.2) is 0 Å². The number of ketones is 1. The van der Waals surface area contributed by atoms with Crippen LogP contribution >= 0.6 is 0 Å². The smallest absolute Gasteiger partial charge is 0.137 e. The van der Waals surface area contributed by atoms with Gasteiger partial charge in [0.1, 0.15) is 5.78 Å². The van der Waals surface area contributed by atoms with Gasteiger partial charge in [0.15, 0.2) is 0 Å². The second kappa shape index (κ2) is 2.97. The lowest BCUT2D eigenvalue weighted by atomic mass is 9.95. The summed E-state index contributed by atoms with van der Waals surface area (Å²) in [5.41, 5.74) is 0. The molecule has 0 aliphatic carbocycles. The number of carbonyl (C=O) groups excluding carboxylic acids is 1. The second-order valence-corrected chi connectivity index (χ2v) is 2.41. The normalized spacial score (nSPS) is 21.9. The molecule has 0 atom stereocenters. The maximum absolute atomic E-state index is 10.7. The molecular weight excluding hydrogens is 114 g/mol. The van der Waals surface area contributed by atoms with E-state index in [9.17, 15) is 4.79 Å². The molecule has 1 saturated heterocycles. The van der Waals surface area contributed by atoms with Gasteiger partial charge in [0.25, 0.3) is 0 Å². The van der Waals surface area contributed by atoms with Gasteiger partial charge in [-0.3, -0.25) is 4.79 Å². The van der Waals surface area contributed by atoms with E-state index in [1.54, 1.807) is 6.92 Å².